The van der Waals surface area contributed by atoms with Gasteiger partial charge in [0.05, 0.1) is 11.5 Å². The first-order valence-electron chi connectivity index (χ1n) is 5.78. The van der Waals surface area contributed by atoms with Crippen LogP contribution in [0.4, 0.5) is 0 Å². The second-order valence-electron chi connectivity index (χ2n) is 4.87. The molecule has 0 amide bonds. The summed E-state index contributed by atoms with van der Waals surface area (Å²) in [6.07, 6.45) is 0.616. The van der Waals surface area contributed by atoms with Crippen LogP contribution in [0.15, 0.2) is 12.1 Å². The van der Waals surface area contributed by atoms with Crippen molar-refractivity contribution in [3.63, 3.8) is 0 Å². The van der Waals surface area contributed by atoms with E-state index in [0.29, 0.717) is 6.42 Å². The lowest BCUT2D eigenvalue weighted by molar-refractivity contribution is 0.591. The molecular weight excluding hydrogens is 234 g/mol. The number of aromatic nitrogens is 1. The quantitative estimate of drug-likeness (QED) is 0.778. The molecule has 1 aromatic carbocycles. The number of nitrogens with one attached hydrogen (secondary N) is 1. The van der Waals surface area contributed by atoms with Gasteiger partial charge in [0.1, 0.15) is 0 Å². The van der Waals surface area contributed by atoms with E-state index in [0.717, 1.165) is 27.7 Å². The van der Waals surface area contributed by atoms with Gasteiger partial charge in [0.2, 0.25) is 0 Å². The van der Waals surface area contributed by atoms with Gasteiger partial charge in [-0.25, -0.2) is 8.42 Å². The lowest BCUT2D eigenvalue weighted by atomic mass is 10.0. The zero-order valence-electron chi connectivity index (χ0n) is 10.0. The Bertz CT molecular complexity index is 711. The van der Waals surface area contributed by atoms with E-state index in [1.807, 2.05) is 6.92 Å². The fraction of sp³-hybridized carbons (Fsp3) is 0.385. The van der Waals surface area contributed by atoms with Crippen LogP contribution in [0.1, 0.15) is 22.4 Å². The number of benzene rings is 1. The maximum absolute atomic E-state index is 11.7. The topological polar surface area (TPSA) is 49.9 Å². The third kappa shape index (κ3) is 1.59. The van der Waals surface area contributed by atoms with E-state index in [2.05, 4.69) is 24.0 Å². The highest BCUT2D eigenvalue weighted by atomic mass is 32.2. The largest absolute Gasteiger partial charge is 0.358 e. The first kappa shape index (κ1) is 10.8. The minimum absolute atomic E-state index is 0.187. The van der Waals surface area contributed by atoms with E-state index < -0.39 is 9.84 Å². The molecule has 0 spiro atoms. The highest BCUT2D eigenvalue weighted by Crippen LogP contribution is 2.32. The molecule has 1 aliphatic rings. The summed E-state index contributed by atoms with van der Waals surface area (Å²) in [5, 5.41) is 1.11. The predicted molar refractivity (Wildman–Crippen MR) is 69.0 cm³/mol. The monoisotopic (exact) mass is 249 g/mol. The molecule has 1 aliphatic heterocycles. The third-order valence-corrected chi connectivity index (χ3v) is 5.15. The van der Waals surface area contributed by atoms with Gasteiger partial charge in [0.15, 0.2) is 9.84 Å². The van der Waals surface area contributed by atoms with E-state index in [4.69, 9.17) is 0 Å². The van der Waals surface area contributed by atoms with Crippen molar-refractivity contribution in [3.05, 3.63) is 34.5 Å². The summed E-state index contributed by atoms with van der Waals surface area (Å²) in [7, 11) is -2.91. The Balaban J connectivity index is 2.39. The normalized spacial score (nSPS) is 18.2. The highest BCUT2D eigenvalue weighted by molar-refractivity contribution is 7.90. The molecule has 3 nitrogen and oxygen atoms in total. The summed E-state index contributed by atoms with van der Waals surface area (Å²) in [4.78, 5) is 3.40. The summed E-state index contributed by atoms with van der Waals surface area (Å²) in [6.45, 7) is 4.09. The summed E-state index contributed by atoms with van der Waals surface area (Å²) in [5.74, 6) is 0.456. The number of hydrogen-bond donors (Lipinski definition) is 1. The third-order valence-electron chi connectivity index (χ3n) is 3.59. The van der Waals surface area contributed by atoms with Crippen LogP contribution in [0.25, 0.3) is 10.9 Å². The van der Waals surface area contributed by atoms with Crippen LogP contribution in [-0.2, 0) is 22.0 Å². The number of sulfone groups is 1. The summed E-state index contributed by atoms with van der Waals surface area (Å²) >= 11 is 0. The fourth-order valence-corrected chi connectivity index (χ4v) is 4.08. The van der Waals surface area contributed by atoms with Crippen LogP contribution in [0.2, 0.25) is 0 Å². The molecule has 1 N–H and O–H groups in total. The number of aryl methyl sites for hydroxylation is 3. The van der Waals surface area contributed by atoms with Gasteiger partial charge in [-0.3, -0.25) is 0 Å². The van der Waals surface area contributed by atoms with E-state index in [1.165, 1.54) is 5.56 Å². The van der Waals surface area contributed by atoms with Crippen LogP contribution in [0.3, 0.4) is 0 Å². The molecule has 90 valence electrons. The van der Waals surface area contributed by atoms with E-state index in [-0.39, 0.29) is 11.5 Å². The molecule has 0 bridgehead atoms. The number of aromatic amines is 1. The van der Waals surface area contributed by atoms with Gasteiger partial charge in [-0.15, -0.1) is 0 Å². The second-order valence-corrected chi connectivity index (χ2v) is 7.06. The number of H-pyrrole nitrogens is 1. The van der Waals surface area contributed by atoms with Crippen LogP contribution < -0.4 is 0 Å². The Hall–Kier alpha value is -1.29. The Morgan fingerprint density at radius 2 is 1.88 bits per heavy atom. The lowest BCUT2D eigenvalue weighted by Gasteiger charge is -2.12. The first-order valence-corrected chi connectivity index (χ1v) is 7.60. The van der Waals surface area contributed by atoms with Crippen molar-refractivity contribution in [3.8, 4) is 0 Å². The first-order chi connectivity index (χ1) is 7.98. The van der Waals surface area contributed by atoms with Gasteiger partial charge in [0, 0.05) is 23.0 Å². The Kier molecular flexibility index (Phi) is 2.14. The van der Waals surface area contributed by atoms with Gasteiger partial charge in [0.25, 0.3) is 0 Å². The lowest BCUT2D eigenvalue weighted by Crippen LogP contribution is -2.18. The predicted octanol–water partition coefficient (Wildman–Crippen LogP) is 2.26. The molecule has 0 radical (unpaired) electrons. The Morgan fingerprint density at radius 1 is 1.18 bits per heavy atom. The molecule has 0 aliphatic carbocycles. The van der Waals surface area contributed by atoms with Crippen LogP contribution in [0.5, 0.6) is 0 Å². The van der Waals surface area contributed by atoms with Crippen molar-refractivity contribution < 1.29 is 8.42 Å². The maximum Gasteiger partial charge on any atom is 0.154 e. The van der Waals surface area contributed by atoms with Crippen molar-refractivity contribution in [2.75, 3.05) is 5.75 Å². The van der Waals surface area contributed by atoms with E-state index >= 15 is 0 Å². The molecule has 0 atom stereocenters. The van der Waals surface area contributed by atoms with Gasteiger partial charge in [-0.1, -0.05) is 12.1 Å². The van der Waals surface area contributed by atoms with Gasteiger partial charge >= 0.3 is 0 Å². The smallest absolute Gasteiger partial charge is 0.154 e. The molecule has 2 aromatic rings. The maximum atomic E-state index is 11.7. The molecule has 1 aromatic heterocycles. The number of hydrogen-bond acceptors (Lipinski definition) is 2. The number of fused-ring (bicyclic) bond motifs is 3. The minimum Gasteiger partial charge on any atom is -0.358 e. The zero-order chi connectivity index (χ0) is 12.2. The molecule has 0 unspecified atom stereocenters. The SMILES string of the molecule is Cc1ccc(C)c2c3c([nH]c12)CCS(=O)(=O)C3. The Labute approximate surface area is 101 Å². The Morgan fingerprint density at radius 3 is 2.65 bits per heavy atom. The van der Waals surface area contributed by atoms with Crippen molar-refractivity contribution in [2.45, 2.75) is 26.0 Å². The molecule has 17 heavy (non-hydrogen) atoms. The van der Waals surface area contributed by atoms with Gasteiger partial charge in [-0.05, 0) is 30.5 Å². The zero-order valence-corrected chi connectivity index (χ0v) is 10.8. The van der Waals surface area contributed by atoms with Crippen molar-refractivity contribution in [1.82, 2.24) is 4.98 Å². The van der Waals surface area contributed by atoms with E-state index in [1.54, 1.807) is 0 Å². The molecule has 0 fully saturated rings. The summed E-state index contributed by atoms with van der Waals surface area (Å²) < 4.78 is 23.5. The molecule has 0 saturated carbocycles. The standard InChI is InChI=1S/C13H15NO2S/c1-8-3-4-9(2)13-12(8)10-7-17(15,16)6-5-11(10)14-13/h3-4,14H,5-7H2,1-2H3. The molecular formula is C13H15NO2S. The van der Waals surface area contributed by atoms with Gasteiger partial charge in [-0.2, -0.15) is 0 Å². The average Bonchev–Trinajstić information content (AvgIpc) is 2.62. The van der Waals surface area contributed by atoms with E-state index in [9.17, 15) is 8.42 Å². The van der Waals surface area contributed by atoms with Gasteiger partial charge < -0.3 is 4.98 Å². The highest BCUT2D eigenvalue weighted by Gasteiger charge is 2.25. The molecule has 0 saturated heterocycles. The second kappa shape index (κ2) is 3.35. The summed E-state index contributed by atoms with van der Waals surface area (Å²) in [5.41, 5.74) is 5.53. The molecule has 2 heterocycles. The van der Waals surface area contributed by atoms with Crippen molar-refractivity contribution >= 4 is 20.7 Å². The minimum atomic E-state index is -2.91. The fourth-order valence-electron chi connectivity index (χ4n) is 2.66. The van der Waals surface area contributed by atoms with Crippen LogP contribution >= 0.6 is 0 Å². The van der Waals surface area contributed by atoms with Crippen molar-refractivity contribution in [1.29, 1.82) is 0 Å². The molecule has 4 heteroatoms. The number of rotatable bonds is 0. The average molecular weight is 249 g/mol. The summed E-state index contributed by atoms with van der Waals surface area (Å²) in [6, 6.07) is 4.14. The van der Waals surface area contributed by atoms with Crippen LogP contribution in [-0.4, -0.2) is 19.2 Å². The van der Waals surface area contributed by atoms with Crippen LogP contribution in [0, 0.1) is 13.8 Å². The molecule has 3 rings (SSSR count). The van der Waals surface area contributed by atoms with Crippen molar-refractivity contribution in [2.24, 2.45) is 0 Å².